The Morgan fingerprint density at radius 1 is 1.40 bits per heavy atom. The van der Waals surface area contributed by atoms with Crippen molar-refractivity contribution in [1.29, 1.82) is 0 Å². The Bertz CT molecular complexity index is 530. The van der Waals surface area contributed by atoms with E-state index in [9.17, 15) is 14.7 Å². The molecular weight excluding hydrogens is 256 g/mol. The highest BCUT2D eigenvalue weighted by atomic mass is 16.4. The second-order valence-electron chi connectivity index (χ2n) is 5.36. The summed E-state index contributed by atoms with van der Waals surface area (Å²) in [6.45, 7) is 2.70. The highest BCUT2D eigenvalue weighted by Gasteiger charge is 2.42. The number of nitrogen functional groups attached to an aromatic ring is 1. The number of benzene rings is 1. The van der Waals surface area contributed by atoms with E-state index in [4.69, 9.17) is 5.73 Å². The van der Waals surface area contributed by atoms with Crippen LogP contribution in [0.3, 0.4) is 0 Å². The number of carbonyl (C=O) groups excluding carboxylic acids is 1. The predicted octanol–water partition coefficient (Wildman–Crippen LogP) is 1.99. The first kappa shape index (κ1) is 14.4. The number of hydrogen-bond donors (Lipinski definition) is 2. The average molecular weight is 276 g/mol. The van der Waals surface area contributed by atoms with Gasteiger partial charge in [-0.15, -0.1) is 0 Å². The maximum atomic E-state index is 12.5. The molecule has 1 aromatic carbocycles. The first-order chi connectivity index (χ1) is 9.50. The summed E-state index contributed by atoms with van der Waals surface area (Å²) in [5, 5.41) is 9.45. The third kappa shape index (κ3) is 2.48. The number of hydrogen-bond acceptors (Lipinski definition) is 3. The minimum absolute atomic E-state index is 0.179. The topological polar surface area (TPSA) is 83.6 Å². The summed E-state index contributed by atoms with van der Waals surface area (Å²) in [6.07, 6.45) is 1.85. The fraction of sp³-hybridized carbons (Fsp3) is 0.467. The van der Waals surface area contributed by atoms with Crippen LogP contribution in [0, 0.1) is 5.41 Å². The van der Waals surface area contributed by atoms with Gasteiger partial charge in [-0.3, -0.25) is 9.59 Å². The van der Waals surface area contributed by atoms with Gasteiger partial charge in [0, 0.05) is 18.8 Å². The van der Waals surface area contributed by atoms with Crippen LogP contribution < -0.4 is 5.73 Å². The largest absolute Gasteiger partial charge is 0.481 e. The molecule has 0 spiro atoms. The number of para-hydroxylation sites is 1. The average Bonchev–Trinajstić information content (AvgIpc) is 2.47. The van der Waals surface area contributed by atoms with E-state index in [1.165, 1.54) is 0 Å². The zero-order valence-electron chi connectivity index (χ0n) is 11.6. The summed E-state index contributed by atoms with van der Waals surface area (Å²) in [5.41, 5.74) is 5.88. The van der Waals surface area contributed by atoms with Crippen molar-refractivity contribution in [3.05, 3.63) is 29.8 Å². The number of nitrogens with zero attached hydrogens (tertiary/aromatic N) is 1. The van der Waals surface area contributed by atoms with Crippen LogP contribution in [0.4, 0.5) is 5.69 Å². The Kier molecular flexibility index (Phi) is 3.97. The van der Waals surface area contributed by atoms with Crippen LogP contribution in [0.25, 0.3) is 0 Å². The lowest BCUT2D eigenvalue weighted by Crippen LogP contribution is -2.49. The van der Waals surface area contributed by atoms with Crippen LogP contribution in [0.15, 0.2) is 24.3 Å². The summed E-state index contributed by atoms with van der Waals surface area (Å²) >= 11 is 0. The molecule has 0 saturated carbocycles. The lowest BCUT2D eigenvalue weighted by molar-refractivity contribution is -0.152. The van der Waals surface area contributed by atoms with E-state index >= 15 is 0 Å². The van der Waals surface area contributed by atoms with Crippen molar-refractivity contribution in [3.63, 3.8) is 0 Å². The Morgan fingerprint density at radius 3 is 2.70 bits per heavy atom. The molecule has 1 aromatic rings. The number of amides is 1. The van der Waals surface area contributed by atoms with Gasteiger partial charge in [0.2, 0.25) is 0 Å². The van der Waals surface area contributed by atoms with Gasteiger partial charge >= 0.3 is 5.97 Å². The Hall–Kier alpha value is -2.04. The minimum atomic E-state index is -0.822. The number of rotatable bonds is 3. The van der Waals surface area contributed by atoms with E-state index in [2.05, 4.69) is 0 Å². The van der Waals surface area contributed by atoms with Gasteiger partial charge in [-0.05, 0) is 31.4 Å². The van der Waals surface area contributed by atoms with Gasteiger partial charge in [-0.1, -0.05) is 19.1 Å². The van der Waals surface area contributed by atoms with Gasteiger partial charge in [-0.25, -0.2) is 0 Å². The molecule has 0 bridgehead atoms. The van der Waals surface area contributed by atoms with Crippen molar-refractivity contribution < 1.29 is 14.7 Å². The normalized spacial score (nSPS) is 22.6. The quantitative estimate of drug-likeness (QED) is 0.827. The monoisotopic (exact) mass is 276 g/mol. The van der Waals surface area contributed by atoms with Gasteiger partial charge in [0.15, 0.2) is 0 Å². The number of aliphatic carboxylic acids is 1. The van der Waals surface area contributed by atoms with Gasteiger partial charge in [0.05, 0.1) is 11.0 Å². The molecule has 1 saturated heterocycles. The van der Waals surface area contributed by atoms with Crippen LogP contribution >= 0.6 is 0 Å². The molecule has 1 atom stereocenters. The van der Waals surface area contributed by atoms with Crippen molar-refractivity contribution in [1.82, 2.24) is 4.90 Å². The summed E-state index contributed by atoms with van der Waals surface area (Å²) in [4.78, 5) is 25.6. The highest BCUT2D eigenvalue weighted by molar-refractivity contribution is 5.99. The molecule has 0 aliphatic carbocycles. The molecule has 108 valence electrons. The molecule has 1 aliphatic rings. The third-order valence-corrected chi connectivity index (χ3v) is 4.19. The van der Waals surface area contributed by atoms with Crippen molar-refractivity contribution in [3.8, 4) is 0 Å². The molecule has 1 unspecified atom stereocenters. The molecule has 0 radical (unpaired) electrons. The number of anilines is 1. The van der Waals surface area contributed by atoms with E-state index in [1.807, 2.05) is 6.92 Å². The van der Waals surface area contributed by atoms with Gasteiger partial charge < -0.3 is 15.7 Å². The molecule has 5 heteroatoms. The summed E-state index contributed by atoms with van der Waals surface area (Å²) in [7, 11) is 0. The lowest BCUT2D eigenvalue weighted by atomic mass is 9.77. The van der Waals surface area contributed by atoms with E-state index in [0.717, 1.165) is 0 Å². The first-order valence-corrected chi connectivity index (χ1v) is 6.87. The molecule has 3 N–H and O–H groups in total. The highest BCUT2D eigenvalue weighted by Crippen LogP contribution is 2.34. The second kappa shape index (κ2) is 5.53. The molecule has 1 amide bonds. The van der Waals surface area contributed by atoms with Crippen LogP contribution in [-0.4, -0.2) is 35.0 Å². The first-order valence-electron chi connectivity index (χ1n) is 6.87. The minimum Gasteiger partial charge on any atom is -0.481 e. The number of carboxylic acid groups (broad SMARTS) is 1. The van der Waals surface area contributed by atoms with E-state index < -0.39 is 11.4 Å². The lowest BCUT2D eigenvalue weighted by Gasteiger charge is -2.39. The number of carboxylic acids is 1. The molecule has 5 nitrogen and oxygen atoms in total. The fourth-order valence-electron chi connectivity index (χ4n) is 2.78. The Labute approximate surface area is 118 Å². The third-order valence-electron chi connectivity index (χ3n) is 4.19. The van der Waals surface area contributed by atoms with Gasteiger partial charge in [0.1, 0.15) is 0 Å². The standard InChI is InChI=1S/C15H20N2O3/c1-2-15(14(19)20)8-5-9-17(10-15)13(18)11-6-3-4-7-12(11)16/h3-4,6-7H,2,5,8-10,16H2,1H3,(H,19,20). The summed E-state index contributed by atoms with van der Waals surface area (Å²) < 4.78 is 0. The maximum Gasteiger partial charge on any atom is 0.311 e. The van der Waals surface area contributed by atoms with Crippen molar-refractivity contribution >= 4 is 17.6 Å². The van der Waals surface area contributed by atoms with Crippen LogP contribution in [0.5, 0.6) is 0 Å². The second-order valence-corrected chi connectivity index (χ2v) is 5.36. The fourth-order valence-corrected chi connectivity index (χ4v) is 2.78. The number of piperidine rings is 1. The van der Waals surface area contributed by atoms with Crippen molar-refractivity contribution in [2.45, 2.75) is 26.2 Å². The molecule has 20 heavy (non-hydrogen) atoms. The number of nitrogens with two attached hydrogens (primary N) is 1. The molecule has 1 aliphatic heterocycles. The van der Waals surface area contributed by atoms with E-state index in [0.29, 0.717) is 37.1 Å². The number of likely N-dealkylation sites (tertiary alicyclic amines) is 1. The zero-order valence-corrected chi connectivity index (χ0v) is 11.6. The van der Waals surface area contributed by atoms with E-state index in [-0.39, 0.29) is 12.5 Å². The maximum absolute atomic E-state index is 12.5. The summed E-state index contributed by atoms with van der Waals surface area (Å²) in [5.74, 6) is -1.000. The SMILES string of the molecule is CCC1(C(=O)O)CCCN(C(=O)c2ccccc2N)C1. The smallest absolute Gasteiger partial charge is 0.311 e. The van der Waals surface area contributed by atoms with Crippen LogP contribution in [-0.2, 0) is 4.79 Å². The molecule has 1 fully saturated rings. The van der Waals surface area contributed by atoms with Gasteiger partial charge in [-0.2, -0.15) is 0 Å². The van der Waals surface area contributed by atoms with Crippen molar-refractivity contribution in [2.24, 2.45) is 5.41 Å². The molecule has 0 aromatic heterocycles. The zero-order chi connectivity index (χ0) is 14.8. The van der Waals surface area contributed by atoms with Crippen LogP contribution in [0.1, 0.15) is 36.5 Å². The summed E-state index contributed by atoms with van der Waals surface area (Å²) in [6, 6.07) is 6.90. The number of carbonyl (C=O) groups is 2. The predicted molar refractivity (Wildman–Crippen MR) is 76.4 cm³/mol. The molecule has 2 rings (SSSR count). The molecular formula is C15H20N2O3. The van der Waals surface area contributed by atoms with E-state index in [1.54, 1.807) is 29.2 Å². The molecule has 1 heterocycles. The Morgan fingerprint density at radius 2 is 2.10 bits per heavy atom. The van der Waals surface area contributed by atoms with Crippen LogP contribution in [0.2, 0.25) is 0 Å². The van der Waals surface area contributed by atoms with Crippen molar-refractivity contribution in [2.75, 3.05) is 18.8 Å². The Balaban J connectivity index is 2.23. The van der Waals surface area contributed by atoms with Gasteiger partial charge in [0.25, 0.3) is 5.91 Å².